The lowest BCUT2D eigenvalue weighted by Crippen LogP contribution is -2.31. The first-order valence-corrected chi connectivity index (χ1v) is 4.80. The maximum absolute atomic E-state index is 10.5. The Bertz CT molecular complexity index is 161. The monoisotopic (exact) mass is 200 g/mol. The van der Waals surface area contributed by atoms with Crippen LogP contribution in [0.15, 0.2) is 12.2 Å². The van der Waals surface area contributed by atoms with Crippen molar-refractivity contribution in [2.45, 2.75) is 13.8 Å². The van der Waals surface area contributed by atoms with Gasteiger partial charge in [-0.25, -0.2) is 0 Å². The number of ether oxygens (including phenoxy) is 1. The summed E-state index contributed by atoms with van der Waals surface area (Å²) in [5, 5.41) is 5.84. The van der Waals surface area contributed by atoms with Crippen molar-refractivity contribution in [1.82, 2.24) is 10.6 Å². The van der Waals surface area contributed by atoms with Gasteiger partial charge in [0.25, 0.3) is 0 Å². The van der Waals surface area contributed by atoms with Crippen LogP contribution in [0.2, 0.25) is 0 Å². The minimum atomic E-state index is 0.00494. The molecule has 0 aliphatic heterocycles. The summed E-state index contributed by atoms with van der Waals surface area (Å²) in [5.74, 6) is 0.00494. The zero-order valence-electron chi connectivity index (χ0n) is 9.06. The van der Waals surface area contributed by atoms with Crippen LogP contribution in [0, 0.1) is 0 Å². The molecule has 0 aromatic carbocycles. The molecular formula is C10H20N2O2. The Kier molecular flexibility index (Phi) is 8.17. The molecule has 0 atom stereocenters. The summed E-state index contributed by atoms with van der Waals surface area (Å²) < 4.78 is 5.27. The average Bonchev–Trinajstić information content (AvgIpc) is 2.08. The molecule has 0 aliphatic carbocycles. The number of carbonyl (C=O) groups is 1. The first-order valence-electron chi connectivity index (χ1n) is 4.80. The van der Waals surface area contributed by atoms with Crippen LogP contribution < -0.4 is 10.6 Å². The average molecular weight is 200 g/mol. The van der Waals surface area contributed by atoms with Crippen LogP contribution >= 0.6 is 0 Å². The van der Waals surface area contributed by atoms with Crippen LogP contribution in [-0.2, 0) is 9.53 Å². The Morgan fingerprint density at radius 3 is 2.57 bits per heavy atom. The lowest BCUT2D eigenvalue weighted by atomic mass is 10.4. The fraction of sp³-hybridized carbons (Fsp3) is 0.700. The van der Waals surface area contributed by atoms with Gasteiger partial charge >= 0.3 is 0 Å². The van der Waals surface area contributed by atoms with Crippen LogP contribution in [0.25, 0.3) is 0 Å². The van der Waals surface area contributed by atoms with Gasteiger partial charge in [0.15, 0.2) is 0 Å². The van der Waals surface area contributed by atoms with Crippen LogP contribution in [0.1, 0.15) is 13.8 Å². The zero-order valence-corrected chi connectivity index (χ0v) is 9.06. The van der Waals surface area contributed by atoms with Crippen molar-refractivity contribution in [1.29, 1.82) is 0 Å². The molecule has 4 nitrogen and oxygen atoms in total. The van der Waals surface area contributed by atoms with Crippen molar-refractivity contribution >= 4 is 5.91 Å². The fourth-order valence-corrected chi connectivity index (χ4v) is 0.843. The highest BCUT2D eigenvalue weighted by molar-refractivity contribution is 5.72. The van der Waals surface area contributed by atoms with Crippen molar-refractivity contribution in [3.8, 4) is 0 Å². The molecule has 0 aromatic rings. The van der Waals surface area contributed by atoms with Gasteiger partial charge in [0.2, 0.25) is 5.91 Å². The predicted molar refractivity (Wildman–Crippen MR) is 57.2 cm³/mol. The second-order valence-corrected chi connectivity index (χ2v) is 3.24. The minimum Gasteiger partial charge on any atom is -0.376 e. The van der Waals surface area contributed by atoms with Crippen molar-refractivity contribution in [2.75, 3.05) is 32.8 Å². The highest BCUT2D eigenvalue weighted by atomic mass is 16.5. The van der Waals surface area contributed by atoms with Crippen molar-refractivity contribution < 1.29 is 9.53 Å². The molecule has 0 saturated carbocycles. The van der Waals surface area contributed by atoms with Crippen molar-refractivity contribution in [2.24, 2.45) is 0 Å². The molecule has 0 radical (unpaired) electrons. The van der Waals surface area contributed by atoms with Gasteiger partial charge in [0.05, 0.1) is 13.2 Å². The molecular weight excluding hydrogens is 180 g/mol. The second kappa shape index (κ2) is 8.72. The van der Waals surface area contributed by atoms with E-state index in [-0.39, 0.29) is 5.91 Å². The van der Waals surface area contributed by atoms with Gasteiger partial charge in [-0.3, -0.25) is 4.79 Å². The van der Waals surface area contributed by atoms with Gasteiger partial charge in [-0.05, 0) is 6.92 Å². The molecule has 1 amide bonds. The first-order chi connectivity index (χ1) is 6.63. The predicted octanol–water partition coefficient (Wildman–Crippen LogP) is 0.305. The summed E-state index contributed by atoms with van der Waals surface area (Å²) in [5.41, 5.74) is 1.03. The van der Waals surface area contributed by atoms with E-state index in [1.807, 2.05) is 6.92 Å². The van der Waals surface area contributed by atoms with E-state index in [1.54, 1.807) is 0 Å². The SMILES string of the molecule is C=C(C)COCCNCCNC(C)=O. The molecule has 0 aliphatic rings. The number of hydrogen-bond donors (Lipinski definition) is 2. The normalized spacial score (nSPS) is 9.86. The third-order valence-corrected chi connectivity index (χ3v) is 1.45. The van der Waals surface area contributed by atoms with Gasteiger partial charge in [-0.1, -0.05) is 12.2 Å². The molecule has 0 spiro atoms. The Morgan fingerprint density at radius 1 is 1.29 bits per heavy atom. The molecule has 2 N–H and O–H groups in total. The van der Waals surface area contributed by atoms with Gasteiger partial charge in [-0.15, -0.1) is 0 Å². The largest absolute Gasteiger partial charge is 0.376 e. The lowest BCUT2D eigenvalue weighted by molar-refractivity contribution is -0.118. The molecule has 82 valence electrons. The molecule has 0 saturated heterocycles. The first kappa shape index (κ1) is 13.1. The quantitative estimate of drug-likeness (QED) is 0.438. The number of carbonyl (C=O) groups excluding carboxylic acids is 1. The molecule has 0 fully saturated rings. The number of nitrogens with one attached hydrogen (secondary N) is 2. The van der Waals surface area contributed by atoms with Crippen LogP contribution in [0.5, 0.6) is 0 Å². The Hall–Kier alpha value is -0.870. The lowest BCUT2D eigenvalue weighted by Gasteiger charge is -2.06. The van der Waals surface area contributed by atoms with E-state index in [2.05, 4.69) is 17.2 Å². The summed E-state index contributed by atoms with van der Waals surface area (Å²) in [4.78, 5) is 10.5. The molecule has 0 aromatic heterocycles. The van der Waals surface area contributed by atoms with Crippen LogP contribution in [-0.4, -0.2) is 38.8 Å². The molecule has 14 heavy (non-hydrogen) atoms. The van der Waals surface area contributed by atoms with Gasteiger partial charge in [-0.2, -0.15) is 0 Å². The molecule has 0 bridgehead atoms. The smallest absolute Gasteiger partial charge is 0.216 e. The summed E-state index contributed by atoms with van der Waals surface area (Å²) in [6, 6.07) is 0. The third-order valence-electron chi connectivity index (χ3n) is 1.45. The zero-order chi connectivity index (χ0) is 10.8. The molecule has 4 heteroatoms. The third kappa shape index (κ3) is 11.1. The highest BCUT2D eigenvalue weighted by Crippen LogP contribution is 1.86. The van der Waals surface area contributed by atoms with Crippen molar-refractivity contribution in [3.05, 3.63) is 12.2 Å². The van der Waals surface area contributed by atoms with E-state index in [1.165, 1.54) is 6.92 Å². The van der Waals surface area contributed by atoms with Crippen molar-refractivity contribution in [3.63, 3.8) is 0 Å². The highest BCUT2D eigenvalue weighted by Gasteiger charge is 1.91. The van der Waals surface area contributed by atoms with Crippen LogP contribution in [0.4, 0.5) is 0 Å². The maximum atomic E-state index is 10.5. The van der Waals surface area contributed by atoms with E-state index >= 15 is 0 Å². The summed E-state index contributed by atoms with van der Waals surface area (Å²) >= 11 is 0. The summed E-state index contributed by atoms with van der Waals surface area (Å²) in [6.07, 6.45) is 0. The summed E-state index contributed by atoms with van der Waals surface area (Å²) in [7, 11) is 0. The Balaban J connectivity index is 2.99. The number of hydrogen-bond acceptors (Lipinski definition) is 3. The minimum absolute atomic E-state index is 0.00494. The standard InChI is InChI=1S/C10H20N2O2/c1-9(2)8-14-7-6-11-4-5-12-10(3)13/h11H,1,4-8H2,2-3H3,(H,12,13). The molecule has 0 heterocycles. The molecule has 0 rings (SSSR count). The number of rotatable bonds is 8. The topological polar surface area (TPSA) is 50.4 Å². The Labute approximate surface area is 85.7 Å². The second-order valence-electron chi connectivity index (χ2n) is 3.24. The Morgan fingerprint density at radius 2 is 2.00 bits per heavy atom. The van der Waals surface area contributed by atoms with E-state index in [4.69, 9.17) is 4.74 Å². The fourth-order valence-electron chi connectivity index (χ4n) is 0.843. The van der Waals surface area contributed by atoms with Gasteiger partial charge in [0.1, 0.15) is 0 Å². The van der Waals surface area contributed by atoms with E-state index < -0.39 is 0 Å². The van der Waals surface area contributed by atoms with E-state index in [0.717, 1.165) is 18.7 Å². The molecule has 0 unspecified atom stereocenters. The number of amides is 1. The van der Waals surface area contributed by atoms with E-state index in [0.29, 0.717) is 19.8 Å². The van der Waals surface area contributed by atoms with Gasteiger partial charge in [0, 0.05) is 26.6 Å². The van der Waals surface area contributed by atoms with Crippen LogP contribution in [0.3, 0.4) is 0 Å². The van der Waals surface area contributed by atoms with Gasteiger partial charge < -0.3 is 15.4 Å². The van der Waals surface area contributed by atoms with E-state index in [9.17, 15) is 4.79 Å². The summed E-state index contributed by atoms with van der Waals surface area (Å²) in [6.45, 7) is 10.7. The maximum Gasteiger partial charge on any atom is 0.216 e.